The molecule has 0 atom stereocenters. The lowest BCUT2D eigenvalue weighted by molar-refractivity contribution is 0.126. The van der Waals surface area contributed by atoms with Gasteiger partial charge in [-0.3, -0.25) is 0 Å². The van der Waals surface area contributed by atoms with E-state index < -0.39 is 0 Å². The molecule has 0 fully saturated rings. The fraction of sp³-hybridized carbons (Fsp3) is 0.351. The summed E-state index contributed by atoms with van der Waals surface area (Å²) in [6.07, 6.45) is 3.67. The van der Waals surface area contributed by atoms with Gasteiger partial charge in [-0.25, -0.2) is 0 Å². The lowest BCUT2D eigenvalue weighted by Gasteiger charge is -2.25. The summed E-state index contributed by atoms with van der Waals surface area (Å²) in [5.74, 6) is 3.26. The second-order valence-electron chi connectivity index (χ2n) is 12.9. The third-order valence-corrected chi connectivity index (χ3v) is 6.97. The van der Waals surface area contributed by atoms with Crippen LogP contribution in [-0.2, 0) is 25.7 Å². The van der Waals surface area contributed by atoms with Crippen molar-refractivity contribution in [2.75, 3.05) is 0 Å². The summed E-state index contributed by atoms with van der Waals surface area (Å²) in [5, 5.41) is 0. The second-order valence-corrected chi connectivity index (χ2v) is 12.9. The fourth-order valence-corrected chi connectivity index (χ4v) is 5.17. The van der Waals surface area contributed by atoms with Crippen molar-refractivity contribution in [2.24, 2.45) is 0 Å². The maximum Gasteiger partial charge on any atom is 0.169 e. The third kappa shape index (κ3) is 7.07. The van der Waals surface area contributed by atoms with E-state index in [1.165, 1.54) is 33.4 Å². The summed E-state index contributed by atoms with van der Waals surface area (Å²) >= 11 is 0. The van der Waals surface area contributed by atoms with Crippen LogP contribution in [0.1, 0.15) is 69.4 Å². The number of hydrogen-bond donors (Lipinski definition) is 0. The lowest BCUT2D eigenvalue weighted by Crippen LogP contribution is -2.23. The number of benzene rings is 4. The van der Waals surface area contributed by atoms with Gasteiger partial charge in [0.05, 0.1) is 0 Å². The first kappa shape index (κ1) is 27.8. The molecule has 6 bridgehead atoms. The van der Waals surface area contributed by atoms with Crippen molar-refractivity contribution in [3.8, 4) is 34.1 Å². The first-order valence-corrected chi connectivity index (χ1v) is 14.4. The van der Waals surface area contributed by atoms with Crippen molar-refractivity contribution < 1.29 is 14.2 Å². The molecule has 0 saturated carbocycles. The molecule has 0 aromatic heterocycles. The lowest BCUT2D eigenvalue weighted by atomic mass is 9.91. The van der Waals surface area contributed by atoms with Gasteiger partial charge in [-0.1, -0.05) is 54.1 Å². The van der Waals surface area contributed by atoms with Gasteiger partial charge in [0.15, 0.2) is 11.5 Å². The Morgan fingerprint density at radius 1 is 0.550 bits per heavy atom. The zero-order valence-electron chi connectivity index (χ0n) is 25.1. The molecular formula is C37H42O3. The highest BCUT2D eigenvalue weighted by atomic mass is 16.5. The van der Waals surface area contributed by atoms with Gasteiger partial charge in [-0.15, -0.1) is 0 Å². The minimum atomic E-state index is -0.322. The van der Waals surface area contributed by atoms with Crippen LogP contribution in [0.3, 0.4) is 0 Å². The molecule has 0 unspecified atom stereocenters. The van der Waals surface area contributed by atoms with Crippen LogP contribution < -0.4 is 14.2 Å². The van der Waals surface area contributed by atoms with Gasteiger partial charge in [0.2, 0.25) is 0 Å². The van der Waals surface area contributed by atoms with Gasteiger partial charge in [0, 0.05) is 5.56 Å². The monoisotopic (exact) mass is 534 g/mol. The average Bonchev–Trinajstić information content (AvgIpc) is 2.87. The molecule has 208 valence electrons. The Morgan fingerprint density at radius 2 is 1.12 bits per heavy atom. The first-order valence-electron chi connectivity index (χ1n) is 14.4. The molecule has 40 heavy (non-hydrogen) atoms. The van der Waals surface area contributed by atoms with E-state index in [1.54, 1.807) is 0 Å². The number of aryl methyl sites for hydroxylation is 5. The molecule has 3 nitrogen and oxygen atoms in total. The quantitative estimate of drug-likeness (QED) is 0.256. The summed E-state index contributed by atoms with van der Waals surface area (Å²) in [7, 11) is 0. The molecule has 4 aromatic rings. The zero-order chi connectivity index (χ0) is 28.5. The van der Waals surface area contributed by atoms with Crippen LogP contribution in [0, 0.1) is 6.92 Å². The van der Waals surface area contributed by atoms with E-state index in [2.05, 4.69) is 121 Å². The van der Waals surface area contributed by atoms with Crippen molar-refractivity contribution in [3.63, 3.8) is 0 Å². The summed E-state index contributed by atoms with van der Waals surface area (Å²) in [6.45, 7) is 14.7. The summed E-state index contributed by atoms with van der Waals surface area (Å²) in [4.78, 5) is 0. The van der Waals surface area contributed by atoms with Crippen molar-refractivity contribution in [3.05, 3.63) is 107 Å². The highest BCUT2D eigenvalue weighted by molar-refractivity contribution is 5.74. The van der Waals surface area contributed by atoms with E-state index in [0.717, 1.165) is 54.2 Å². The number of rotatable bonds is 2. The molecular weight excluding hydrogens is 492 g/mol. The number of hydrogen-bond acceptors (Lipinski definition) is 3. The van der Waals surface area contributed by atoms with Gasteiger partial charge in [-0.05, 0) is 132 Å². The maximum atomic E-state index is 6.58. The topological polar surface area (TPSA) is 27.7 Å². The summed E-state index contributed by atoms with van der Waals surface area (Å²) in [6, 6.07) is 28.3. The van der Waals surface area contributed by atoms with Gasteiger partial charge >= 0.3 is 0 Å². The third-order valence-electron chi connectivity index (χ3n) is 6.97. The molecule has 4 aromatic carbocycles. The van der Waals surface area contributed by atoms with Crippen LogP contribution in [0.4, 0.5) is 0 Å². The largest absolute Gasteiger partial charge is 0.488 e. The Labute approximate surface area is 240 Å². The van der Waals surface area contributed by atoms with Crippen molar-refractivity contribution in [1.82, 2.24) is 0 Å². The SMILES string of the molecule is Cc1ccc2c(c1)CCc1ccc(cc1)Oc1cc(ccc1OC(C)(C)C)CCc1ccc-2c(OC(C)(C)C)c1. The van der Waals surface area contributed by atoms with Crippen LogP contribution in [-0.4, -0.2) is 11.2 Å². The van der Waals surface area contributed by atoms with Gasteiger partial charge in [0.25, 0.3) is 0 Å². The molecule has 4 heterocycles. The zero-order valence-corrected chi connectivity index (χ0v) is 25.1. The highest BCUT2D eigenvalue weighted by Gasteiger charge is 2.20. The minimum Gasteiger partial charge on any atom is -0.488 e. The summed E-state index contributed by atoms with van der Waals surface area (Å²) in [5.41, 5.74) is 8.13. The summed E-state index contributed by atoms with van der Waals surface area (Å²) < 4.78 is 19.3. The van der Waals surface area contributed by atoms with E-state index >= 15 is 0 Å². The van der Waals surface area contributed by atoms with E-state index in [1.807, 2.05) is 6.07 Å². The molecule has 0 N–H and O–H groups in total. The standard InChI is InChI=1S/C37H42O3/c1-25-8-19-31-29(22-25)16-11-26-12-17-30(18-13-26)38-35-24-28(15-21-33(35)39-36(2,3)4)10-9-27-14-20-32(31)34(23-27)40-37(5,6)7/h8,12-15,17-24H,9-11,16H2,1-7H3. The molecule has 4 aliphatic rings. The van der Waals surface area contributed by atoms with Gasteiger partial charge in [0.1, 0.15) is 22.7 Å². The van der Waals surface area contributed by atoms with Crippen molar-refractivity contribution >= 4 is 0 Å². The van der Waals surface area contributed by atoms with E-state index in [4.69, 9.17) is 14.2 Å². The smallest absolute Gasteiger partial charge is 0.169 e. The van der Waals surface area contributed by atoms with E-state index in [-0.39, 0.29) is 11.2 Å². The van der Waals surface area contributed by atoms with Crippen LogP contribution in [0.5, 0.6) is 23.0 Å². The minimum absolute atomic E-state index is 0.299. The Balaban J connectivity index is 1.60. The van der Waals surface area contributed by atoms with Crippen LogP contribution in [0.15, 0.2) is 78.9 Å². The molecule has 8 rings (SSSR count). The van der Waals surface area contributed by atoms with E-state index in [0.29, 0.717) is 0 Å². The normalized spacial score (nSPS) is 13.7. The van der Waals surface area contributed by atoms with Crippen LogP contribution in [0.2, 0.25) is 0 Å². The Hall–Kier alpha value is -3.72. The van der Waals surface area contributed by atoms with E-state index in [9.17, 15) is 0 Å². The maximum absolute atomic E-state index is 6.58. The average molecular weight is 535 g/mol. The Bertz CT molecular complexity index is 1480. The molecule has 3 heteroatoms. The van der Waals surface area contributed by atoms with Crippen LogP contribution in [0.25, 0.3) is 11.1 Å². The van der Waals surface area contributed by atoms with Gasteiger partial charge in [-0.2, -0.15) is 0 Å². The van der Waals surface area contributed by atoms with Crippen molar-refractivity contribution in [2.45, 2.75) is 85.4 Å². The number of ether oxygens (including phenoxy) is 3. The van der Waals surface area contributed by atoms with Crippen molar-refractivity contribution in [1.29, 1.82) is 0 Å². The molecule has 0 spiro atoms. The molecule has 0 amide bonds. The molecule has 0 saturated heterocycles. The Morgan fingerprint density at radius 3 is 1.82 bits per heavy atom. The predicted molar refractivity (Wildman–Crippen MR) is 165 cm³/mol. The molecule has 0 radical (unpaired) electrons. The second kappa shape index (κ2) is 11.0. The molecule has 0 aliphatic carbocycles. The fourth-order valence-electron chi connectivity index (χ4n) is 5.17. The first-order chi connectivity index (χ1) is 18.9. The highest BCUT2D eigenvalue weighted by Crippen LogP contribution is 2.38. The Kier molecular flexibility index (Phi) is 7.68. The molecule has 4 aliphatic heterocycles. The van der Waals surface area contributed by atoms with Crippen LogP contribution >= 0.6 is 0 Å². The van der Waals surface area contributed by atoms with Gasteiger partial charge < -0.3 is 14.2 Å². The predicted octanol–water partition coefficient (Wildman–Crippen LogP) is 9.69.